The number of nitrogens with zero attached hydrogens (tertiary/aromatic N) is 2. The number of benzene rings is 1. The highest BCUT2D eigenvalue weighted by atomic mass is 32.2. The average molecular weight is 256 g/mol. The van der Waals surface area contributed by atoms with Crippen LogP contribution in [0.2, 0.25) is 0 Å². The van der Waals surface area contributed by atoms with Crippen LogP contribution in [0.15, 0.2) is 52.6 Å². The number of aromatic amines is 1. The van der Waals surface area contributed by atoms with Crippen molar-refractivity contribution in [2.24, 2.45) is 0 Å². The Morgan fingerprint density at radius 2 is 2.11 bits per heavy atom. The Hall–Kier alpha value is -2.01. The number of fused-ring (bicyclic) bond motifs is 1. The fourth-order valence-corrected chi connectivity index (χ4v) is 2.53. The van der Waals surface area contributed by atoms with E-state index in [0.717, 1.165) is 26.9 Å². The molecule has 0 saturated heterocycles. The van der Waals surface area contributed by atoms with E-state index in [1.165, 1.54) is 0 Å². The van der Waals surface area contributed by atoms with Gasteiger partial charge in [0.05, 0.1) is 11.0 Å². The highest BCUT2D eigenvalue weighted by molar-refractivity contribution is 7.99. The summed E-state index contributed by atoms with van der Waals surface area (Å²) in [5.74, 6) is 0.858. The summed E-state index contributed by atoms with van der Waals surface area (Å²) in [4.78, 5) is 13.1. The summed E-state index contributed by atoms with van der Waals surface area (Å²) >= 11 is 1.60. The third-order valence-electron chi connectivity index (χ3n) is 2.57. The Labute approximate surface area is 109 Å². The van der Waals surface area contributed by atoms with Crippen molar-refractivity contribution in [2.45, 2.75) is 10.1 Å². The molecule has 2 aromatic heterocycles. The highest BCUT2D eigenvalue weighted by Gasteiger charge is 2.04. The van der Waals surface area contributed by atoms with Gasteiger partial charge in [-0.1, -0.05) is 23.9 Å². The molecule has 1 aromatic carbocycles. The van der Waals surface area contributed by atoms with Gasteiger partial charge in [0.25, 0.3) is 0 Å². The number of hydrogen-bond donors (Lipinski definition) is 2. The van der Waals surface area contributed by atoms with Crippen molar-refractivity contribution in [1.29, 1.82) is 0 Å². The van der Waals surface area contributed by atoms with Crippen molar-refractivity contribution in [3.8, 4) is 0 Å². The minimum absolute atomic E-state index is 0.858. The zero-order valence-corrected chi connectivity index (χ0v) is 10.7. The second-order valence-electron chi connectivity index (χ2n) is 3.79. The van der Waals surface area contributed by atoms with Crippen LogP contribution in [0, 0.1) is 0 Å². The fourth-order valence-electron chi connectivity index (χ4n) is 1.70. The minimum atomic E-state index is 0.858. The lowest BCUT2D eigenvalue weighted by molar-refractivity contribution is 1.08. The van der Waals surface area contributed by atoms with Gasteiger partial charge in [-0.15, -0.1) is 0 Å². The highest BCUT2D eigenvalue weighted by Crippen LogP contribution is 2.27. The van der Waals surface area contributed by atoms with E-state index in [2.05, 4.69) is 20.3 Å². The molecule has 0 amide bonds. The molecular formula is C13H12N4S. The first-order chi connectivity index (χ1) is 8.85. The number of rotatable bonds is 3. The quantitative estimate of drug-likeness (QED) is 0.756. The number of aromatic nitrogens is 3. The van der Waals surface area contributed by atoms with Crippen molar-refractivity contribution in [2.75, 3.05) is 12.4 Å². The Balaban J connectivity index is 1.91. The molecule has 0 aliphatic heterocycles. The van der Waals surface area contributed by atoms with Gasteiger partial charge in [0.2, 0.25) is 0 Å². The molecule has 0 saturated carbocycles. The Morgan fingerprint density at radius 3 is 2.94 bits per heavy atom. The van der Waals surface area contributed by atoms with E-state index < -0.39 is 0 Å². The van der Waals surface area contributed by atoms with Crippen LogP contribution in [-0.4, -0.2) is 22.0 Å². The molecule has 18 heavy (non-hydrogen) atoms. The summed E-state index contributed by atoms with van der Waals surface area (Å²) < 4.78 is 0. The maximum Gasteiger partial charge on any atom is 0.171 e. The number of H-pyrrole nitrogens is 1. The van der Waals surface area contributed by atoms with Gasteiger partial charge in [0.15, 0.2) is 5.16 Å². The van der Waals surface area contributed by atoms with E-state index in [0.29, 0.717) is 0 Å². The van der Waals surface area contributed by atoms with Gasteiger partial charge < -0.3 is 10.3 Å². The molecule has 5 heteroatoms. The molecule has 0 aliphatic rings. The van der Waals surface area contributed by atoms with E-state index in [-0.39, 0.29) is 0 Å². The Morgan fingerprint density at radius 1 is 1.22 bits per heavy atom. The molecular weight excluding hydrogens is 244 g/mol. The summed E-state index contributed by atoms with van der Waals surface area (Å²) in [6.07, 6.45) is 1.79. The topological polar surface area (TPSA) is 53.6 Å². The first-order valence-electron chi connectivity index (χ1n) is 5.61. The average Bonchev–Trinajstić information content (AvgIpc) is 2.81. The van der Waals surface area contributed by atoms with Crippen LogP contribution in [0.5, 0.6) is 0 Å². The molecule has 0 spiro atoms. The first-order valence-corrected chi connectivity index (χ1v) is 6.43. The molecule has 3 aromatic rings. The van der Waals surface area contributed by atoms with E-state index in [1.807, 2.05) is 43.4 Å². The molecule has 90 valence electrons. The standard InChI is InChI=1S/C13H12N4S/c1-14-12-8-9(6-7-15-12)18-13-16-10-4-2-3-5-11(10)17-13/h2-8H,1H3,(H,14,15)(H,16,17). The molecule has 0 fully saturated rings. The van der Waals surface area contributed by atoms with Gasteiger partial charge in [-0.2, -0.15) is 0 Å². The normalized spacial score (nSPS) is 10.7. The third kappa shape index (κ3) is 2.17. The van der Waals surface area contributed by atoms with Gasteiger partial charge in [-0.3, -0.25) is 0 Å². The molecule has 4 nitrogen and oxygen atoms in total. The van der Waals surface area contributed by atoms with Crippen LogP contribution < -0.4 is 5.32 Å². The second-order valence-corrected chi connectivity index (χ2v) is 4.85. The van der Waals surface area contributed by atoms with Crippen molar-refractivity contribution < 1.29 is 0 Å². The number of nitrogens with one attached hydrogen (secondary N) is 2. The molecule has 3 rings (SSSR count). The summed E-state index contributed by atoms with van der Waals surface area (Å²) in [6, 6.07) is 12.0. The summed E-state index contributed by atoms with van der Waals surface area (Å²) in [5, 5.41) is 3.92. The van der Waals surface area contributed by atoms with Crippen LogP contribution in [0.1, 0.15) is 0 Å². The fraction of sp³-hybridized carbons (Fsp3) is 0.0769. The lowest BCUT2D eigenvalue weighted by Gasteiger charge is -2.01. The van der Waals surface area contributed by atoms with Crippen LogP contribution in [0.3, 0.4) is 0 Å². The molecule has 2 N–H and O–H groups in total. The Bertz CT molecular complexity index is 644. The third-order valence-corrected chi connectivity index (χ3v) is 3.45. The van der Waals surface area contributed by atoms with Crippen LogP contribution in [0.4, 0.5) is 5.82 Å². The van der Waals surface area contributed by atoms with Crippen molar-refractivity contribution >= 4 is 28.6 Å². The number of pyridine rings is 1. The van der Waals surface area contributed by atoms with Gasteiger partial charge in [0, 0.05) is 18.1 Å². The van der Waals surface area contributed by atoms with Gasteiger partial charge in [-0.05, 0) is 24.3 Å². The van der Waals surface area contributed by atoms with E-state index >= 15 is 0 Å². The number of imidazole rings is 1. The number of para-hydroxylation sites is 2. The molecule has 2 heterocycles. The van der Waals surface area contributed by atoms with Gasteiger partial charge >= 0.3 is 0 Å². The predicted molar refractivity (Wildman–Crippen MR) is 74.0 cm³/mol. The van der Waals surface area contributed by atoms with E-state index in [4.69, 9.17) is 0 Å². The lowest BCUT2D eigenvalue weighted by Crippen LogP contribution is -1.90. The molecule has 0 unspecified atom stereocenters. The smallest absolute Gasteiger partial charge is 0.171 e. The minimum Gasteiger partial charge on any atom is -0.373 e. The zero-order valence-electron chi connectivity index (χ0n) is 9.84. The summed E-state index contributed by atoms with van der Waals surface area (Å²) in [7, 11) is 1.86. The van der Waals surface area contributed by atoms with E-state index in [9.17, 15) is 0 Å². The zero-order chi connectivity index (χ0) is 12.4. The molecule has 0 radical (unpaired) electrons. The van der Waals surface area contributed by atoms with Crippen LogP contribution >= 0.6 is 11.8 Å². The van der Waals surface area contributed by atoms with Crippen LogP contribution in [0.25, 0.3) is 11.0 Å². The molecule has 0 aliphatic carbocycles. The van der Waals surface area contributed by atoms with Crippen molar-refractivity contribution in [3.05, 3.63) is 42.6 Å². The maximum absolute atomic E-state index is 4.53. The van der Waals surface area contributed by atoms with Crippen LogP contribution in [-0.2, 0) is 0 Å². The predicted octanol–water partition coefficient (Wildman–Crippen LogP) is 3.15. The first kappa shape index (κ1) is 11.1. The maximum atomic E-state index is 4.53. The summed E-state index contributed by atoms with van der Waals surface area (Å²) in [5.41, 5.74) is 2.05. The van der Waals surface area contributed by atoms with Crippen molar-refractivity contribution in [3.63, 3.8) is 0 Å². The van der Waals surface area contributed by atoms with Gasteiger partial charge in [0.1, 0.15) is 5.82 Å². The number of anilines is 1. The second kappa shape index (κ2) is 4.70. The largest absolute Gasteiger partial charge is 0.373 e. The number of hydrogen-bond acceptors (Lipinski definition) is 4. The van der Waals surface area contributed by atoms with E-state index in [1.54, 1.807) is 18.0 Å². The molecule has 0 bridgehead atoms. The van der Waals surface area contributed by atoms with Gasteiger partial charge in [-0.25, -0.2) is 9.97 Å². The summed E-state index contributed by atoms with van der Waals surface area (Å²) in [6.45, 7) is 0. The molecule has 0 atom stereocenters. The SMILES string of the molecule is CNc1cc(Sc2nc3ccccc3[nH]2)ccn1. The monoisotopic (exact) mass is 256 g/mol. The Kier molecular flexibility index (Phi) is 2.90. The van der Waals surface area contributed by atoms with Crippen molar-refractivity contribution in [1.82, 2.24) is 15.0 Å². The lowest BCUT2D eigenvalue weighted by atomic mass is 10.3.